The van der Waals surface area contributed by atoms with Crippen LogP contribution >= 0.6 is 0 Å². The lowest BCUT2D eigenvalue weighted by Gasteiger charge is -2.18. The van der Waals surface area contributed by atoms with Gasteiger partial charge in [-0.15, -0.1) is 0 Å². The van der Waals surface area contributed by atoms with E-state index in [-0.39, 0.29) is 6.61 Å². The molecule has 0 bridgehead atoms. The minimum absolute atomic E-state index is 0.113. The maximum Gasteiger partial charge on any atom is 0.130 e. The molecule has 0 unspecified atom stereocenters. The highest BCUT2D eigenvalue weighted by molar-refractivity contribution is 5.83. The number of fused-ring (bicyclic) bond motifs is 2. The normalized spacial score (nSPS) is 13.8. The number of aromatic nitrogens is 3. The number of hydrogen-bond donors (Lipinski definition) is 1. The van der Waals surface area contributed by atoms with Gasteiger partial charge in [-0.25, -0.2) is 4.98 Å². The number of rotatable bonds is 3. The molecule has 4 rings (SSSR count). The van der Waals surface area contributed by atoms with Crippen LogP contribution in [0.15, 0.2) is 36.5 Å². The second kappa shape index (κ2) is 5.10. The Hall–Kier alpha value is -2.40. The Morgan fingerprint density at radius 1 is 1.23 bits per heavy atom. The highest BCUT2D eigenvalue weighted by atomic mass is 16.3. The first-order valence-corrected chi connectivity index (χ1v) is 7.52. The van der Waals surface area contributed by atoms with Gasteiger partial charge >= 0.3 is 0 Å². The van der Waals surface area contributed by atoms with Crippen LogP contribution in [-0.4, -0.2) is 26.5 Å². The molecule has 0 aliphatic carbocycles. The van der Waals surface area contributed by atoms with Crippen molar-refractivity contribution in [1.29, 1.82) is 0 Å². The van der Waals surface area contributed by atoms with Crippen molar-refractivity contribution in [3.8, 4) is 0 Å². The standard InChI is InChI=1S/C17H18N4O/c1-12-8-17(19-15-5-3-2-4-14(12)15)20-10-13-9-18-21(6-7-22)16(13)11-20/h2-5,8-9,22H,6-7,10-11H2,1H3. The average Bonchev–Trinajstić information content (AvgIpc) is 3.10. The van der Waals surface area contributed by atoms with Gasteiger partial charge in [-0.1, -0.05) is 18.2 Å². The third kappa shape index (κ3) is 2.05. The number of aliphatic hydroxyl groups excluding tert-OH is 1. The van der Waals surface area contributed by atoms with Gasteiger partial charge in [0.05, 0.1) is 37.1 Å². The van der Waals surface area contributed by atoms with Crippen LogP contribution in [0.5, 0.6) is 0 Å². The minimum Gasteiger partial charge on any atom is -0.394 e. The van der Waals surface area contributed by atoms with E-state index in [4.69, 9.17) is 10.1 Å². The quantitative estimate of drug-likeness (QED) is 0.805. The monoisotopic (exact) mass is 294 g/mol. The molecular formula is C17H18N4O. The van der Waals surface area contributed by atoms with Gasteiger partial charge in [-0.2, -0.15) is 5.10 Å². The first-order valence-electron chi connectivity index (χ1n) is 7.52. The lowest BCUT2D eigenvalue weighted by atomic mass is 10.1. The zero-order chi connectivity index (χ0) is 15.1. The van der Waals surface area contributed by atoms with Gasteiger partial charge in [0.1, 0.15) is 5.82 Å². The van der Waals surface area contributed by atoms with Gasteiger partial charge in [0.25, 0.3) is 0 Å². The minimum atomic E-state index is 0.113. The van der Waals surface area contributed by atoms with Crippen molar-refractivity contribution in [2.24, 2.45) is 0 Å². The molecule has 0 saturated carbocycles. The van der Waals surface area contributed by atoms with Crippen LogP contribution in [0, 0.1) is 6.92 Å². The van der Waals surface area contributed by atoms with Crippen LogP contribution < -0.4 is 4.90 Å². The van der Waals surface area contributed by atoms with Gasteiger partial charge < -0.3 is 10.0 Å². The predicted octanol–water partition coefficient (Wildman–Crippen LogP) is 2.25. The SMILES string of the molecule is Cc1cc(N2Cc3cnn(CCO)c3C2)nc2ccccc12. The fourth-order valence-corrected chi connectivity index (χ4v) is 3.15. The third-order valence-corrected chi connectivity index (χ3v) is 4.28. The molecule has 1 N–H and O–H groups in total. The number of para-hydroxylation sites is 1. The Morgan fingerprint density at radius 2 is 2.09 bits per heavy atom. The summed E-state index contributed by atoms with van der Waals surface area (Å²) in [5.41, 5.74) is 4.68. The molecule has 1 aliphatic rings. The van der Waals surface area contributed by atoms with Crippen LogP contribution in [0.1, 0.15) is 16.8 Å². The fraction of sp³-hybridized carbons (Fsp3) is 0.294. The lowest BCUT2D eigenvalue weighted by molar-refractivity contribution is 0.267. The first-order chi connectivity index (χ1) is 10.8. The third-order valence-electron chi connectivity index (χ3n) is 4.28. The van der Waals surface area contributed by atoms with Gasteiger partial charge in [0.15, 0.2) is 0 Å². The summed E-state index contributed by atoms with van der Waals surface area (Å²) < 4.78 is 1.89. The summed E-state index contributed by atoms with van der Waals surface area (Å²) in [6, 6.07) is 10.4. The lowest BCUT2D eigenvalue weighted by Crippen LogP contribution is -2.18. The fourth-order valence-electron chi connectivity index (χ4n) is 3.15. The van der Waals surface area contributed by atoms with E-state index in [9.17, 15) is 0 Å². The van der Waals surface area contributed by atoms with E-state index in [0.717, 1.165) is 24.4 Å². The van der Waals surface area contributed by atoms with Gasteiger partial charge in [0.2, 0.25) is 0 Å². The number of aliphatic hydroxyl groups is 1. The number of anilines is 1. The van der Waals surface area contributed by atoms with E-state index in [0.29, 0.717) is 6.54 Å². The maximum atomic E-state index is 9.12. The molecule has 5 nitrogen and oxygen atoms in total. The topological polar surface area (TPSA) is 54.2 Å². The number of aryl methyl sites for hydroxylation is 1. The van der Waals surface area contributed by atoms with Crippen molar-refractivity contribution in [3.63, 3.8) is 0 Å². The average molecular weight is 294 g/mol. The Morgan fingerprint density at radius 3 is 2.95 bits per heavy atom. The van der Waals surface area contributed by atoms with Crippen LogP contribution in [0.2, 0.25) is 0 Å². The van der Waals surface area contributed by atoms with Crippen LogP contribution in [0.4, 0.5) is 5.82 Å². The summed E-state index contributed by atoms with van der Waals surface area (Å²) in [6.07, 6.45) is 1.90. The number of hydrogen-bond acceptors (Lipinski definition) is 4. The summed E-state index contributed by atoms with van der Waals surface area (Å²) in [5, 5.41) is 14.7. The second-order valence-electron chi connectivity index (χ2n) is 5.73. The Kier molecular flexibility index (Phi) is 3.08. The summed E-state index contributed by atoms with van der Waals surface area (Å²) >= 11 is 0. The van der Waals surface area contributed by atoms with E-state index >= 15 is 0 Å². The molecule has 3 aromatic rings. The van der Waals surface area contributed by atoms with Crippen LogP contribution in [-0.2, 0) is 19.6 Å². The Balaban J connectivity index is 1.69. The molecule has 2 aromatic heterocycles. The smallest absolute Gasteiger partial charge is 0.130 e. The van der Waals surface area contributed by atoms with E-state index in [2.05, 4.69) is 35.1 Å². The zero-order valence-corrected chi connectivity index (χ0v) is 12.5. The van der Waals surface area contributed by atoms with Crippen molar-refractivity contribution in [1.82, 2.24) is 14.8 Å². The van der Waals surface area contributed by atoms with E-state index < -0.39 is 0 Å². The summed E-state index contributed by atoms with van der Waals surface area (Å²) in [4.78, 5) is 7.07. The molecule has 3 heterocycles. The number of pyridine rings is 1. The highest BCUT2D eigenvalue weighted by Gasteiger charge is 2.24. The molecule has 112 valence electrons. The molecule has 0 saturated heterocycles. The van der Waals surface area contributed by atoms with Crippen molar-refractivity contribution >= 4 is 16.7 Å². The van der Waals surface area contributed by atoms with Gasteiger partial charge in [0, 0.05) is 17.5 Å². The molecular weight excluding hydrogens is 276 g/mol. The molecule has 1 aliphatic heterocycles. The van der Waals surface area contributed by atoms with Crippen molar-refractivity contribution in [2.45, 2.75) is 26.6 Å². The van der Waals surface area contributed by atoms with E-state index in [1.807, 2.05) is 23.0 Å². The molecule has 0 fully saturated rings. The van der Waals surface area contributed by atoms with Crippen LogP contribution in [0.3, 0.4) is 0 Å². The second-order valence-corrected chi connectivity index (χ2v) is 5.73. The van der Waals surface area contributed by atoms with Gasteiger partial charge in [-0.05, 0) is 24.6 Å². The largest absolute Gasteiger partial charge is 0.394 e. The van der Waals surface area contributed by atoms with Crippen molar-refractivity contribution in [2.75, 3.05) is 11.5 Å². The van der Waals surface area contributed by atoms with Crippen molar-refractivity contribution < 1.29 is 5.11 Å². The molecule has 1 aromatic carbocycles. The number of nitrogens with zero attached hydrogens (tertiary/aromatic N) is 4. The van der Waals surface area contributed by atoms with E-state index in [1.54, 1.807) is 0 Å². The summed E-state index contributed by atoms with van der Waals surface area (Å²) in [6.45, 7) is 4.41. The number of benzene rings is 1. The summed E-state index contributed by atoms with van der Waals surface area (Å²) in [7, 11) is 0. The Bertz CT molecular complexity index is 840. The first kappa shape index (κ1) is 13.3. The Labute approximate surface area is 128 Å². The molecule has 0 spiro atoms. The molecule has 0 atom stereocenters. The zero-order valence-electron chi connectivity index (χ0n) is 12.5. The molecule has 22 heavy (non-hydrogen) atoms. The maximum absolute atomic E-state index is 9.12. The highest BCUT2D eigenvalue weighted by Crippen LogP contribution is 2.29. The van der Waals surface area contributed by atoms with E-state index in [1.165, 1.54) is 22.2 Å². The predicted molar refractivity (Wildman–Crippen MR) is 85.7 cm³/mol. The van der Waals surface area contributed by atoms with Gasteiger partial charge in [-0.3, -0.25) is 4.68 Å². The molecule has 0 radical (unpaired) electrons. The molecule has 5 heteroatoms. The van der Waals surface area contributed by atoms with Crippen molar-refractivity contribution in [3.05, 3.63) is 53.3 Å². The van der Waals surface area contributed by atoms with Crippen LogP contribution in [0.25, 0.3) is 10.9 Å². The summed E-state index contributed by atoms with van der Waals surface area (Å²) in [5.74, 6) is 1.00. The molecule has 0 amide bonds.